The topological polar surface area (TPSA) is 141 Å². The molecule has 0 fully saturated rings. The van der Waals surface area contributed by atoms with Gasteiger partial charge in [-0.3, -0.25) is 9.59 Å². The maximum atomic E-state index is 13.6. The Morgan fingerprint density at radius 2 is 1.94 bits per heavy atom. The molecule has 1 aliphatic rings. The predicted molar refractivity (Wildman–Crippen MR) is 121 cm³/mol. The van der Waals surface area contributed by atoms with Crippen molar-refractivity contribution in [3.63, 3.8) is 0 Å². The van der Waals surface area contributed by atoms with Gasteiger partial charge < -0.3 is 20.2 Å². The van der Waals surface area contributed by atoms with E-state index in [9.17, 15) is 14.0 Å². The van der Waals surface area contributed by atoms with Gasteiger partial charge in [0.2, 0.25) is 0 Å². The number of oxime groups is 1. The van der Waals surface area contributed by atoms with Crippen LogP contribution in [0.2, 0.25) is 0 Å². The van der Waals surface area contributed by atoms with Crippen LogP contribution in [0.3, 0.4) is 0 Å². The summed E-state index contributed by atoms with van der Waals surface area (Å²) in [4.78, 5) is 38.4. The van der Waals surface area contributed by atoms with Crippen molar-refractivity contribution in [3.8, 4) is 5.75 Å². The number of amides is 2. The lowest BCUT2D eigenvalue weighted by Gasteiger charge is -2.09. The summed E-state index contributed by atoms with van der Waals surface area (Å²) < 4.78 is 18.6. The van der Waals surface area contributed by atoms with Crippen molar-refractivity contribution in [1.29, 1.82) is 0 Å². The lowest BCUT2D eigenvalue weighted by Crippen LogP contribution is -2.25. The van der Waals surface area contributed by atoms with Gasteiger partial charge in [-0.25, -0.2) is 14.4 Å². The fourth-order valence-electron chi connectivity index (χ4n) is 3.37. The van der Waals surface area contributed by atoms with Gasteiger partial charge in [0.1, 0.15) is 22.9 Å². The number of hydrogen-bond donors (Lipinski definition) is 2. The van der Waals surface area contributed by atoms with Gasteiger partial charge in [-0.15, -0.1) is 5.10 Å². The molecule has 2 amide bonds. The Hall–Kier alpha value is -4.48. The second-order valence-corrected chi connectivity index (χ2v) is 7.60. The monoisotopic (exact) mass is 479 g/mol. The van der Waals surface area contributed by atoms with Crippen molar-refractivity contribution < 1.29 is 23.6 Å². The predicted octanol–water partition coefficient (Wildman–Crippen LogP) is 1.88. The first-order valence-corrected chi connectivity index (χ1v) is 10.6. The van der Waals surface area contributed by atoms with Crippen molar-refractivity contribution in [1.82, 2.24) is 30.8 Å². The SMILES string of the molecule is CNC(=O)c1ccc(C2CC(c3cc(C(=O)NCc4ccc(F)c(OC)c4)nc(C)n3)=NO2)nn1. The molecule has 180 valence electrons. The number of nitrogens with zero attached hydrogens (tertiary/aromatic N) is 5. The molecule has 4 rings (SSSR count). The van der Waals surface area contributed by atoms with E-state index in [4.69, 9.17) is 9.57 Å². The van der Waals surface area contributed by atoms with Crippen molar-refractivity contribution in [2.75, 3.05) is 14.2 Å². The lowest BCUT2D eigenvalue weighted by atomic mass is 10.1. The Labute approximate surface area is 199 Å². The molecule has 1 aliphatic heterocycles. The molecule has 2 N–H and O–H groups in total. The Morgan fingerprint density at radius 1 is 1.11 bits per heavy atom. The molecule has 3 heterocycles. The van der Waals surface area contributed by atoms with Crippen molar-refractivity contribution in [3.05, 3.63) is 76.4 Å². The molecule has 35 heavy (non-hydrogen) atoms. The molecule has 0 spiro atoms. The van der Waals surface area contributed by atoms with E-state index >= 15 is 0 Å². The molecule has 11 nitrogen and oxygen atoms in total. The molecule has 1 atom stereocenters. The number of carbonyl (C=O) groups excluding carboxylic acids is 2. The minimum absolute atomic E-state index is 0.0960. The molecular weight excluding hydrogens is 457 g/mol. The van der Waals surface area contributed by atoms with Crippen LogP contribution < -0.4 is 15.4 Å². The first kappa shape index (κ1) is 23.7. The number of benzene rings is 1. The highest BCUT2D eigenvalue weighted by atomic mass is 19.1. The smallest absolute Gasteiger partial charge is 0.271 e. The molecule has 12 heteroatoms. The largest absolute Gasteiger partial charge is 0.494 e. The van der Waals surface area contributed by atoms with Gasteiger partial charge in [0.05, 0.1) is 12.8 Å². The number of carbonyl (C=O) groups is 2. The number of hydrogen-bond acceptors (Lipinski definition) is 9. The highest BCUT2D eigenvalue weighted by Gasteiger charge is 2.27. The fourth-order valence-corrected chi connectivity index (χ4v) is 3.37. The normalized spacial score (nSPS) is 14.6. The standard InChI is InChI=1S/C23H22FN7O4/c1-12-27-17(18-10-21(35-31-18)15-6-7-16(30-29-15)22(32)25-2)9-19(28-12)23(33)26-11-13-4-5-14(24)20(8-13)34-3/h4-9,21H,10-11H2,1-3H3,(H,25,32)(H,26,33). The highest BCUT2D eigenvalue weighted by molar-refractivity contribution is 6.02. The van der Waals surface area contributed by atoms with Gasteiger partial charge in [0.25, 0.3) is 11.8 Å². The van der Waals surface area contributed by atoms with Crippen LogP contribution in [-0.4, -0.2) is 51.8 Å². The zero-order valence-electron chi connectivity index (χ0n) is 19.2. The van der Waals surface area contributed by atoms with Crippen molar-refractivity contribution in [2.45, 2.75) is 26.0 Å². The van der Waals surface area contributed by atoms with Crippen LogP contribution in [0.4, 0.5) is 4.39 Å². The number of rotatable bonds is 7. The van der Waals surface area contributed by atoms with Crippen LogP contribution >= 0.6 is 0 Å². The third-order valence-corrected chi connectivity index (χ3v) is 5.18. The minimum Gasteiger partial charge on any atom is -0.494 e. The second kappa shape index (κ2) is 10.2. The van der Waals surface area contributed by atoms with Gasteiger partial charge in [0.15, 0.2) is 23.4 Å². The van der Waals surface area contributed by atoms with Crippen LogP contribution in [0.25, 0.3) is 0 Å². The van der Waals surface area contributed by atoms with Crippen molar-refractivity contribution in [2.24, 2.45) is 5.16 Å². The Morgan fingerprint density at radius 3 is 2.66 bits per heavy atom. The zero-order chi connectivity index (χ0) is 24.9. The van der Waals surface area contributed by atoms with E-state index in [-0.39, 0.29) is 29.6 Å². The summed E-state index contributed by atoms with van der Waals surface area (Å²) in [5.74, 6) is -0.763. The first-order valence-electron chi connectivity index (χ1n) is 10.6. The minimum atomic E-state index is -0.503. The highest BCUT2D eigenvalue weighted by Crippen LogP contribution is 2.27. The Balaban J connectivity index is 1.43. The van der Waals surface area contributed by atoms with E-state index < -0.39 is 17.8 Å². The quantitative estimate of drug-likeness (QED) is 0.523. The second-order valence-electron chi connectivity index (χ2n) is 7.60. The van der Waals surface area contributed by atoms with Crippen LogP contribution in [-0.2, 0) is 11.4 Å². The molecular formula is C23H22FN7O4. The lowest BCUT2D eigenvalue weighted by molar-refractivity contribution is 0.0815. The van der Waals surface area contributed by atoms with E-state index in [1.807, 2.05) is 0 Å². The summed E-state index contributed by atoms with van der Waals surface area (Å²) >= 11 is 0. The van der Waals surface area contributed by atoms with Crippen LogP contribution in [0.5, 0.6) is 5.75 Å². The van der Waals surface area contributed by atoms with E-state index in [2.05, 4.69) is 36.0 Å². The third kappa shape index (κ3) is 5.37. The molecule has 0 radical (unpaired) electrons. The molecule has 3 aromatic rings. The number of aryl methyl sites for hydroxylation is 1. The summed E-state index contributed by atoms with van der Waals surface area (Å²) in [6.07, 6.45) is -0.154. The maximum absolute atomic E-state index is 13.6. The van der Waals surface area contributed by atoms with Gasteiger partial charge in [0, 0.05) is 20.0 Å². The average molecular weight is 479 g/mol. The summed E-state index contributed by atoms with van der Waals surface area (Å²) in [5.41, 5.74) is 2.50. The molecule has 0 bridgehead atoms. The van der Waals surface area contributed by atoms with Gasteiger partial charge >= 0.3 is 0 Å². The first-order chi connectivity index (χ1) is 16.9. The number of methoxy groups -OCH3 is 1. The molecule has 1 unspecified atom stereocenters. The summed E-state index contributed by atoms with van der Waals surface area (Å²) in [7, 11) is 2.88. The van der Waals surface area contributed by atoms with Gasteiger partial charge in [-0.2, -0.15) is 5.10 Å². The molecule has 0 saturated heterocycles. The van der Waals surface area contributed by atoms with Gasteiger partial charge in [-0.05, 0) is 42.8 Å². The summed E-state index contributed by atoms with van der Waals surface area (Å²) in [5, 5.41) is 17.3. The Bertz CT molecular complexity index is 1300. The van der Waals surface area contributed by atoms with E-state index in [1.54, 1.807) is 25.1 Å². The summed E-state index contributed by atoms with van der Waals surface area (Å²) in [6, 6.07) is 9.08. The average Bonchev–Trinajstić information content (AvgIpc) is 3.38. The third-order valence-electron chi connectivity index (χ3n) is 5.18. The number of halogens is 1. The van der Waals surface area contributed by atoms with E-state index in [0.29, 0.717) is 34.9 Å². The number of nitrogens with one attached hydrogen (secondary N) is 2. The van der Waals surface area contributed by atoms with E-state index in [0.717, 1.165) is 0 Å². The van der Waals surface area contributed by atoms with Crippen LogP contribution in [0.1, 0.15) is 56.3 Å². The van der Waals surface area contributed by atoms with Crippen LogP contribution in [0, 0.1) is 12.7 Å². The fraction of sp³-hybridized carbons (Fsp3) is 0.261. The Kier molecular flexibility index (Phi) is 6.90. The van der Waals surface area contributed by atoms with Gasteiger partial charge in [-0.1, -0.05) is 11.2 Å². The molecule has 1 aromatic carbocycles. The van der Waals surface area contributed by atoms with E-state index in [1.165, 1.54) is 32.4 Å². The maximum Gasteiger partial charge on any atom is 0.271 e. The molecule has 2 aromatic heterocycles. The van der Waals surface area contributed by atoms with Crippen molar-refractivity contribution >= 4 is 17.5 Å². The number of ether oxygens (including phenoxy) is 1. The zero-order valence-corrected chi connectivity index (χ0v) is 19.2. The number of aromatic nitrogens is 4. The summed E-state index contributed by atoms with van der Waals surface area (Å²) in [6.45, 7) is 1.83. The van der Waals surface area contributed by atoms with Crippen LogP contribution in [0.15, 0.2) is 41.6 Å². The molecule has 0 aliphatic carbocycles. The molecule has 0 saturated carbocycles.